The molecule has 1 aliphatic carbocycles. The van der Waals surface area contributed by atoms with Crippen molar-refractivity contribution in [3.63, 3.8) is 0 Å². The van der Waals surface area contributed by atoms with Gasteiger partial charge in [0.2, 0.25) is 17.6 Å². The third-order valence-electron chi connectivity index (χ3n) is 4.11. The Bertz CT molecular complexity index is 603. The molecular formula is C17H21N3O2. The molecule has 1 N–H and O–H groups in total. The lowest BCUT2D eigenvalue weighted by atomic mass is 9.89. The Morgan fingerprint density at radius 2 is 1.95 bits per heavy atom. The van der Waals surface area contributed by atoms with E-state index in [0.717, 1.165) is 18.4 Å². The molecule has 0 radical (unpaired) electrons. The van der Waals surface area contributed by atoms with E-state index in [4.69, 9.17) is 4.52 Å². The summed E-state index contributed by atoms with van der Waals surface area (Å²) in [7, 11) is 0. The molecule has 0 saturated heterocycles. The molecule has 1 fully saturated rings. The molecule has 22 heavy (non-hydrogen) atoms. The molecule has 2 aromatic rings. The first-order valence-corrected chi connectivity index (χ1v) is 7.98. The second kappa shape index (κ2) is 7.20. The summed E-state index contributed by atoms with van der Waals surface area (Å²) in [5.74, 6) is 1.51. The van der Waals surface area contributed by atoms with Gasteiger partial charge in [-0.15, -0.1) is 0 Å². The van der Waals surface area contributed by atoms with Gasteiger partial charge >= 0.3 is 0 Å². The Kier molecular flexibility index (Phi) is 4.83. The van der Waals surface area contributed by atoms with Crippen LogP contribution in [0.4, 0.5) is 0 Å². The number of nitrogens with one attached hydrogen (secondary N) is 1. The van der Waals surface area contributed by atoms with Gasteiger partial charge in [0.1, 0.15) is 0 Å². The minimum Gasteiger partial charge on any atom is -0.355 e. The van der Waals surface area contributed by atoms with Gasteiger partial charge in [-0.3, -0.25) is 4.79 Å². The lowest BCUT2D eigenvalue weighted by Gasteiger charge is -2.20. The number of benzene rings is 1. The minimum atomic E-state index is 0.169. The number of rotatable bonds is 5. The van der Waals surface area contributed by atoms with E-state index in [1.807, 2.05) is 30.3 Å². The number of nitrogens with zero attached hydrogens (tertiary/aromatic N) is 2. The maximum absolute atomic E-state index is 12.0. The van der Waals surface area contributed by atoms with E-state index in [1.165, 1.54) is 19.3 Å². The zero-order valence-corrected chi connectivity index (χ0v) is 12.6. The van der Waals surface area contributed by atoms with Gasteiger partial charge in [0.05, 0.1) is 0 Å². The molecule has 1 aromatic carbocycles. The number of aromatic nitrogens is 2. The lowest BCUT2D eigenvalue weighted by molar-refractivity contribution is -0.125. The van der Waals surface area contributed by atoms with Crippen molar-refractivity contribution < 1.29 is 9.32 Å². The Labute approximate surface area is 130 Å². The topological polar surface area (TPSA) is 68.0 Å². The molecular weight excluding hydrogens is 278 g/mol. The number of hydrogen-bond donors (Lipinski definition) is 1. The van der Waals surface area contributed by atoms with Crippen molar-refractivity contribution >= 4 is 5.91 Å². The predicted molar refractivity (Wildman–Crippen MR) is 83.0 cm³/mol. The highest BCUT2D eigenvalue weighted by atomic mass is 16.5. The first-order chi connectivity index (χ1) is 10.8. The van der Waals surface area contributed by atoms with E-state index in [1.54, 1.807) is 0 Å². The first-order valence-electron chi connectivity index (χ1n) is 7.98. The predicted octanol–water partition coefficient (Wildman–Crippen LogP) is 2.98. The van der Waals surface area contributed by atoms with Crippen molar-refractivity contribution in [2.24, 2.45) is 5.92 Å². The van der Waals surface area contributed by atoms with Gasteiger partial charge in [-0.2, -0.15) is 4.98 Å². The van der Waals surface area contributed by atoms with Gasteiger partial charge in [-0.05, 0) is 12.8 Å². The summed E-state index contributed by atoms with van der Waals surface area (Å²) in [6.45, 7) is 0.547. The molecule has 3 rings (SSSR count). The summed E-state index contributed by atoms with van der Waals surface area (Å²) in [5.41, 5.74) is 0.934. The van der Waals surface area contributed by atoms with Crippen molar-refractivity contribution in [2.45, 2.75) is 38.5 Å². The Morgan fingerprint density at radius 1 is 1.18 bits per heavy atom. The maximum atomic E-state index is 12.0. The smallest absolute Gasteiger partial charge is 0.228 e. The summed E-state index contributed by atoms with van der Waals surface area (Å²) < 4.78 is 5.23. The molecule has 0 spiro atoms. The van der Waals surface area contributed by atoms with Crippen LogP contribution in [-0.2, 0) is 11.2 Å². The lowest BCUT2D eigenvalue weighted by Crippen LogP contribution is -2.33. The molecule has 116 valence electrons. The Hall–Kier alpha value is -2.17. The molecule has 1 amide bonds. The normalized spacial score (nSPS) is 15.6. The van der Waals surface area contributed by atoms with Gasteiger partial charge in [-0.1, -0.05) is 54.8 Å². The van der Waals surface area contributed by atoms with Crippen LogP contribution < -0.4 is 5.32 Å². The van der Waals surface area contributed by atoms with Crippen molar-refractivity contribution in [3.8, 4) is 11.4 Å². The van der Waals surface area contributed by atoms with Crippen molar-refractivity contribution in [1.29, 1.82) is 0 Å². The van der Waals surface area contributed by atoms with E-state index in [0.29, 0.717) is 24.7 Å². The third kappa shape index (κ3) is 3.72. The average Bonchev–Trinajstić information content (AvgIpc) is 3.05. The van der Waals surface area contributed by atoms with E-state index >= 15 is 0 Å². The quantitative estimate of drug-likeness (QED) is 0.921. The van der Waals surface area contributed by atoms with Crippen LogP contribution in [0.5, 0.6) is 0 Å². The zero-order chi connectivity index (χ0) is 15.2. The average molecular weight is 299 g/mol. The van der Waals surface area contributed by atoms with E-state index in [2.05, 4.69) is 15.5 Å². The minimum absolute atomic E-state index is 0.169. The molecule has 1 aliphatic rings. The second-order valence-corrected chi connectivity index (χ2v) is 5.75. The molecule has 1 saturated carbocycles. The van der Waals surface area contributed by atoms with Gasteiger partial charge < -0.3 is 9.84 Å². The van der Waals surface area contributed by atoms with Gasteiger partial charge in [0.15, 0.2) is 0 Å². The molecule has 1 aromatic heterocycles. The highest BCUT2D eigenvalue weighted by Gasteiger charge is 2.20. The van der Waals surface area contributed by atoms with Crippen LogP contribution >= 0.6 is 0 Å². The molecule has 1 heterocycles. The van der Waals surface area contributed by atoms with Gasteiger partial charge in [-0.25, -0.2) is 0 Å². The summed E-state index contributed by atoms with van der Waals surface area (Å²) in [5, 5.41) is 6.96. The fraction of sp³-hybridized carbons (Fsp3) is 0.471. The van der Waals surface area contributed by atoms with Crippen LogP contribution in [0.2, 0.25) is 0 Å². The highest BCUT2D eigenvalue weighted by molar-refractivity contribution is 5.78. The Balaban J connectivity index is 1.48. The van der Waals surface area contributed by atoms with Crippen LogP contribution in [0.15, 0.2) is 34.9 Å². The van der Waals surface area contributed by atoms with E-state index in [9.17, 15) is 4.79 Å². The summed E-state index contributed by atoms with van der Waals surface area (Å²) in [4.78, 5) is 16.4. The number of carbonyl (C=O) groups is 1. The molecule has 5 heteroatoms. The van der Waals surface area contributed by atoms with Crippen LogP contribution in [0.3, 0.4) is 0 Å². The zero-order valence-electron chi connectivity index (χ0n) is 12.6. The van der Waals surface area contributed by atoms with Gasteiger partial charge in [0, 0.05) is 24.4 Å². The number of carbonyl (C=O) groups excluding carboxylic acids is 1. The molecule has 0 unspecified atom stereocenters. The SMILES string of the molecule is O=C(NCCc1nc(-c2ccccc2)no1)C1CCCCC1. The number of amides is 1. The van der Waals surface area contributed by atoms with Crippen LogP contribution in [0, 0.1) is 5.92 Å². The summed E-state index contributed by atoms with van der Waals surface area (Å²) in [6, 6.07) is 9.72. The van der Waals surface area contributed by atoms with E-state index in [-0.39, 0.29) is 11.8 Å². The summed E-state index contributed by atoms with van der Waals surface area (Å²) >= 11 is 0. The van der Waals surface area contributed by atoms with Crippen molar-refractivity contribution in [1.82, 2.24) is 15.5 Å². The second-order valence-electron chi connectivity index (χ2n) is 5.75. The molecule has 0 atom stereocenters. The van der Waals surface area contributed by atoms with E-state index < -0.39 is 0 Å². The van der Waals surface area contributed by atoms with Gasteiger partial charge in [0.25, 0.3) is 0 Å². The summed E-state index contributed by atoms with van der Waals surface area (Å²) in [6.07, 6.45) is 6.20. The van der Waals surface area contributed by atoms with Crippen LogP contribution in [-0.4, -0.2) is 22.6 Å². The molecule has 5 nitrogen and oxygen atoms in total. The van der Waals surface area contributed by atoms with Crippen LogP contribution in [0.25, 0.3) is 11.4 Å². The van der Waals surface area contributed by atoms with Crippen LogP contribution in [0.1, 0.15) is 38.0 Å². The Morgan fingerprint density at radius 3 is 2.73 bits per heavy atom. The standard InChI is InChI=1S/C17H21N3O2/c21-17(14-9-5-2-6-10-14)18-12-11-15-19-16(20-22-15)13-7-3-1-4-8-13/h1,3-4,7-8,14H,2,5-6,9-12H2,(H,18,21). The fourth-order valence-corrected chi connectivity index (χ4v) is 2.86. The van der Waals surface area contributed by atoms with Crippen molar-refractivity contribution in [3.05, 3.63) is 36.2 Å². The largest absolute Gasteiger partial charge is 0.355 e. The van der Waals surface area contributed by atoms with Crippen molar-refractivity contribution in [2.75, 3.05) is 6.54 Å². The molecule has 0 bridgehead atoms. The maximum Gasteiger partial charge on any atom is 0.228 e. The fourth-order valence-electron chi connectivity index (χ4n) is 2.86. The molecule has 0 aliphatic heterocycles. The third-order valence-corrected chi connectivity index (χ3v) is 4.11. The first kappa shape index (κ1) is 14.8. The number of hydrogen-bond acceptors (Lipinski definition) is 4. The highest BCUT2D eigenvalue weighted by Crippen LogP contribution is 2.23. The monoisotopic (exact) mass is 299 g/mol.